The first-order valence-electron chi connectivity index (χ1n) is 10.8. The maximum Gasteiger partial charge on any atom is 0.230 e. The number of nitrogens with one attached hydrogen (secondary N) is 1. The van der Waals surface area contributed by atoms with Crippen LogP contribution in [0, 0.1) is 0 Å². The zero-order chi connectivity index (χ0) is 21.3. The average molecular weight is 418 g/mol. The molecule has 1 N–H and O–H groups in total. The van der Waals surface area contributed by atoms with E-state index >= 15 is 0 Å². The van der Waals surface area contributed by atoms with Crippen LogP contribution in [-0.4, -0.2) is 35.9 Å². The van der Waals surface area contributed by atoms with Crippen LogP contribution in [0.4, 0.5) is 0 Å². The quantitative estimate of drug-likeness (QED) is 0.640. The summed E-state index contributed by atoms with van der Waals surface area (Å²) in [7, 11) is 1.65. The zero-order valence-corrected chi connectivity index (χ0v) is 17.7. The second-order valence-electron chi connectivity index (χ2n) is 8.35. The molecule has 1 fully saturated rings. The summed E-state index contributed by atoms with van der Waals surface area (Å²) < 4.78 is 13.2. The third-order valence-corrected chi connectivity index (χ3v) is 6.33. The first-order valence-corrected chi connectivity index (χ1v) is 10.8. The molecule has 2 aromatic carbocycles. The van der Waals surface area contributed by atoms with Crippen LogP contribution in [0.1, 0.15) is 41.3 Å². The van der Waals surface area contributed by atoms with E-state index in [2.05, 4.69) is 23.6 Å². The molecule has 0 radical (unpaired) electrons. The fourth-order valence-corrected chi connectivity index (χ4v) is 4.37. The van der Waals surface area contributed by atoms with Crippen molar-refractivity contribution in [1.29, 1.82) is 0 Å². The number of hydrogen-bond donors (Lipinski definition) is 1. The Morgan fingerprint density at radius 3 is 2.68 bits per heavy atom. The Balaban J connectivity index is 1.26. The van der Waals surface area contributed by atoms with E-state index in [1.807, 2.05) is 47.1 Å². The largest absolute Gasteiger partial charge is 0.497 e. The van der Waals surface area contributed by atoms with Crippen molar-refractivity contribution in [2.45, 2.75) is 37.3 Å². The Kier molecular flexibility index (Phi) is 5.24. The molecule has 1 aromatic heterocycles. The van der Waals surface area contributed by atoms with Crippen LogP contribution in [0.15, 0.2) is 60.8 Å². The lowest BCUT2D eigenvalue weighted by molar-refractivity contribution is -0.124. The van der Waals surface area contributed by atoms with Crippen molar-refractivity contribution in [3.63, 3.8) is 0 Å². The topological polar surface area (TPSA) is 65.4 Å². The van der Waals surface area contributed by atoms with Gasteiger partial charge in [0.1, 0.15) is 11.9 Å². The van der Waals surface area contributed by atoms with E-state index in [-0.39, 0.29) is 12.0 Å². The van der Waals surface area contributed by atoms with E-state index in [4.69, 9.17) is 14.6 Å². The van der Waals surface area contributed by atoms with E-state index in [0.29, 0.717) is 13.2 Å². The molecule has 160 valence electrons. The molecule has 2 heterocycles. The van der Waals surface area contributed by atoms with Crippen LogP contribution < -0.4 is 10.1 Å². The van der Waals surface area contributed by atoms with Crippen LogP contribution in [0.2, 0.25) is 0 Å². The summed E-state index contributed by atoms with van der Waals surface area (Å²) >= 11 is 0. The molecule has 1 aliphatic carbocycles. The van der Waals surface area contributed by atoms with Crippen molar-refractivity contribution in [1.82, 2.24) is 15.1 Å². The molecule has 1 amide bonds. The van der Waals surface area contributed by atoms with Gasteiger partial charge in [0.25, 0.3) is 0 Å². The molecule has 0 unspecified atom stereocenters. The number of ether oxygens (including phenoxy) is 2. The summed E-state index contributed by atoms with van der Waals surface area (Å²) in [4.78, 5) is 13.1. The van der Waals surface area contributed by atoms with Crippen LogP contribution in [0.25, 0.3) is 0 Å². The van der Waals surface area contributed by atoms with E-state index < -0.39 is 5.41 Å². The lowest BCUT2D eigenvalue weighted by Crippen LogP contribution is -2.38. The van der Waals surface area contributed by atoms with Gasteiger partial charge in [-0.3, -0.25) is 9.48 Å². The number of hydrogen-bond acceptors (Lipinski definition) is 4. The van der Waals surface area contributed by atoms with E-state index in [1.165, 1.54) is 11.1 Å². The van der Waals surface area contributed by atoms with Crippen LogP contribution in [0.3, 0.4) is 0 Å². The molecule has 5 rings (SSSR count). The summed E-state index contributed by atoms with van der Waals surface area (Å²) in [5, 5.41) is 7.92. The average Bonchev–Trinajstić information content (AvgIpc) is 3.52. The van der Waals surface area contributed by atoms with Gasteiger partial charge in [-0.25, -0.2) is 0 Å². The minimum Gasteiger partial charge on any atom is -0.497 e. The number of fused-ring (bicyclic) bond motifs is 1. The SMILES string of the molecule is COc1ccc(C2(C(=O)NC[C@H]3OCCc4cn(Cc5ccccc5)nc43)CC2)cc1. The molecule has 31 heavy (non-hydrogen) atoms. The molecule has 1 aliphatic heterocycles. The second-order valence-corrected chi connectivity index (χ2v) is 8.35. The molecule has 0 saturated heterocycles. The molecule has 2 aliphatic rings. The predicted octanol–water partition coefficient (Wildman–Crippen LogP) is 3.40. The van der Waals surface area contributed by atoms with Crippen molar-refractivity contribution < 1.29 is 14.3 Å². The molecule has 1 saturated carbocycles. The van der Waals surface area contributed by atoms with Gasteiger partial charge in [-0.05, 0) is 48.1 Å². The first kappa shape index (κ1) is 19.8. The summed E-state index contributed by atoms with van der Waals surface area (Å²) in [5.74, 6) is 0.867. The first-order chi connectivity index (χ1) is 15.2. The Hall–Kier alpha value is -3.12. The molecule has 1 atom stereocenters. The van der Waals surface area contributed by atoms with Gasteiger partial charge in [-0.15, -0.1) is 0 Å². The smallest absolute Gasteiger partial charge is 0.230 e. The Morgan fingerprint density at radius 2 is 1.97 bits per heavy atom. The minimum atomic E-state index is -0.420. The number of benzene rings is 2. The lowest BCUT2D eigenvalue weighted by atomic mass is 9.94. The van der Waals surface area contributed by atoms with Crippen molar-refractivity contribution in [3.05, 3.63) is 83.2 Å². The summed E-state index contributed by atoms with van der Waals surface area (Å²) in [6.07, 6.45) is 4.49. The van der Waals surface area contributed by atoms with Gasteiger partial charge in [-0.2, -0.15) is 5.10 Å². The van der Waals surface area contributed by atoms with Gasteiger partial charge in [0, 0.05) is 12.7 Å². The van der Waals surface area contributed by atoms with Crippen molar-refractivity contribution in [2.75, 3.05) is 20.3 Å². The Labute approximate surface area is 182 Å². The molecule has 0 spiro atoms. The highest BCUT2D eigenvalue weighted by Gasteiger charge is 2.51. The van der Waals surface area contributed by atoms with Gasteiger partial charge in [-0.1, -0.05) is 42.5 Å². The highest BCUT2D eigenvalue weighted by molar-refractivity contribution is 5.91. The van der Waals surface area contributed by atoms with E-state index in [9.17, 15) is 4.79 Å². The number of methoxy groups -OCH3 is 1. The Morgan fingerprint density at radius 1 is 1.19 bits per heavy atom. The van der Waals surface area contributed by atoms with Crippen molar-refractivity contribution in [3.8, 4) is 5.75 Å². The second kappa shape index (κ2) is 8.19. The van der Waals surface area contributed by atoms with Crippen LogP contribution in [0.5, 0.6) is 5.75 Å². The number of aromatic nitrogens is 2. The maximum absolute atomic E-state index is 13.1. The maximum atomic E-state index is 13.1. The van der Waals surface area contributed by atoms with Crippen LogP contribution in [-0.2, 0) is 27.9 Å². The van der Waals surface area contributed by atoms with Gasteiger partial charge >= 0.3 is 0 Å². The fourth-order valence-electron chi connectivity index (χ4n) is 4.37. The van der Waals surface area contributed by atoms with Crippen molar-refractivity contribution >= 4 is 5.91 Å². The molecular weight excluding hydrogens is 390 g/mol. The van der Waals surface area contributed by atoms with Gasteiger partial charge in [0.15, 0.2) is 0 Å². The zero-order valence-electron chi connectivity index (χ0n) is 17.7. The van der Waals surface area contributed by atoms with Gasteiger partial charge in [0.2, 0.25) is 5.91 Å². The number of carbonyl (C=O) groups excluding carboxylic acids is 1. The lowest BCUT2D eigenvalue weighted by Gasteiger charge is -2.24. The third-order valence-electron chi connectivity index (χ3n) is 6.33. The molecular formula is C25H27N3O3. The third kappa shape index (κ3) is 3.95. The molecule has 3 aromatic rings. The van der Waals surface area contributed by atoms with Crippen LogP contribution >= 0.6 is 0 Å². The number of carbonyl (C=O) groups is 1. The van der Waals surface area contributed by atoms with E-state index in [0.717, 1.165) is 42.8 Å². The Bertz CT molecular complexity index is 1060. The highest BCUT2D eigenvalue weighted by atomic mass is 16.5. The van der Waals surface area contributed by atoms with Gasteiger partial charge < -0.3 is 14.8 Å². The summed E-state index contributed by atoms with van der Waals surface area (Å²) in [5.41, 5.74) is 3.98. The molecule has 0 bridgehead atoms. The monoisotopic (exact) mass is 417 g/mol. The summed E-state index contributed by atoms with van der Waals surface area (Å²) in [6.45, 7) is 1.81. The minimum absolute atomic E-state index is 0.0668. The van der Waals surface area contributed by atoms with E-state index in [1.54, 1.807) is 7.11 Å². The van der Waals surface area contributed by atoms with Crippen molar-refractivity contribution in [2.24, 2.45) is 0 Å². The normalized spacial score (nSPS) is 18.8. The molecule has 6 heteroatoms. The van der Waals surface area contributed by atoms with Gasteiger partial charge in [0.05, 0.1) is 31.4 Å². The fraction of sp³-hybridized carbons (Fsp3) is 0.360. The standard InChI is InChI=1S/C25H27N3O3/c1-30-21-9-7-20(8-10-21)25(12-13-25)24(29)26-15-22-23-19(11-14-31-22)17-28(27-23)16-18-5-3-2-4-6-18/h2-10,17,22H,11-16H2,1H3,(H,26,29)/t22-/m1/s1. The number of rotatable bonds is 7. The molecule has 6 nitrogen and oxygen atoms in total. The highest BCUT2D eigenvalue weighted by Crippen LogP contribution is 2.48. The number of nitrogens with zero attached hydrogens (tertiary/aromatic N) is 2. The summed E-state index contributed by atoms with van der Waals surface area (Å²) in [6, 6.07) is 18.1. The predicted molar refractivity (Wildman–Crippen MR) is 117 cm³/mol. The number of amides is 1.